The average molecular weight is 353 g/mol. The minimum Gasteiger partial charge on any atom is -0.493 e. The molecule has 0 unspecified atom stereocenters. The molecule has 0 bridgehead atoms. The first-order valence-corrected chi connectivity index (χ1v) is 8.44. The molecule has 2 N–H and O–H groups in total. The molecule has 0 fully saturated rings. The lowest BCUT2D eigenvalue weighted by molar-refractivity contribution is 0.327. The molecule has 6 nitrogen and oxygen atoms in total. The molecule has 0 saturated carbocycles. The molecule has 0 aliphatic rings. The second kappa shape index (κ2) is 7.47. The van der Waals surface area contributed by atoms with Crippen LogP contribution in [-0.4, -0.2) is 31.3 Å². The van der Waals surface area contributed by atoms with Gasteiger partial charge in [0.2, 0.25) is 11.7 Å². The minimum atomic E-state index is 0.197. The van der Waals surface area contributed by atoms with E-state index in [4.69, 9.17) is 19.9 Å². The highest BCUT2D eigenvalue weighted by Crippen LogP contribution is 2.43. The largest absolute Gasteiger partial charge is 0.493 e. The van der Waals surface area contributed by atoms with Crippen LogP contribution in [0, 0.1) is 0 Å². The van der Waals surface area contributed by atoms with Gasteiger partial charge in [0.05, 0.1) is 27.0 Å². The molecule has 0 radical (unpaired) electrons. The van der Waals surface area contributed by atoms with Crippen LogP contribution >= 0.6 is 0 Å². The highest BCUT2D eigenvalue weighted by atomic mass is 16.5. The SMILES string of the molecule is CCc1ccc(Cc2nc(N)nc3c(OC)c(OC)c(OC)cc23)cc1. The highest BCUT2D eigenvalue weighted by Gasteiger charge is 2.20. The van der Waals surface area contributed by atoms with E-state index in [9.17, 15) is 0 Å². The van der Waals surface area contributed by atoms with Crippen molar-refractivity contribution in [2.75, 3.05) is 27.1 Å². The number of nitrogens with zero attached hydrogens (tertiary/aromatic N) is 2. The summed E-state index contributed by atoms with van der Waals surface area (Å²) in [6.45, 7) is 2.14. The molecule has 2 aromatic carbocycles. The molecular formula is C20H23N3O3. The number of rotatable bonds is 6. The smallest absolute Gasteiger partial charge is 0.220 e. The van der Waals surface area contributed by atoms with Gasteiger partial charge in [0.1, 0.15) is 5.52 Å². The summed E-state index contributed by atoms with van der Waals surface area (Å²) in [7, 11) is 4.72. The van der Waals surface area contributed by atoms with Crippen LogP contribution in [0.1, 0.15) is 23.7 Å². The van der Waals surface area contributed by atoms with Crippen LogP contribution in [0.2, 0.25) is 0 Å². The number of anilines is 1. The Balaban J connectivity index is 2.18. The van der Waals surface area contributed by atoms with Crippen LogP contribution in [0.3, 0.4) is 0 Å². The molecule has 0 atom stereocenters. The molecule has 6 heteroatoms. The fourth-order valence-electron chi connectivity index (χ4n) is 3.03. The average Bonchev–Trinajstić information content (AvgIpc) is 2.67. The maximum absolute atomic E-state index is 5.96. The van der Waals surface area contributed by atoms with E-state index in [1.165, 1.54) is 5.56 Å². The van der Waals surface area contributed by atoms with Gasteiger partial charge in [-0.2, -0.15) is 0 Å². The number of fused-ring (bicyclic) bond motifs is 1. The Morgan fingerprint density at radius 3 is 2.12 bits per heavy atom. The number of benzene rings is 2. The Bertz CT molecular complexity index is 924. The third-order valence-corrected chi connectivity index (χ3v) is 4.39. The third-order valence-electron chi connectivity index (χ3n) is 4.39. The summed E-state index contributed by atoms with van der Waals surface area (Å²) in [4.78, 5) is 8.83. The van der Waals surface area contributed by atoms with Gasteiger partial charge in [0.15, 0.2) is 11.5 Å². The Morgan fingerprint density at radius 1 is 0.885 bits per heavy atom. The lowest BCUT2D eigenvalue weighted by Gasteiger charge is -2.16. The summed E-state index contributed by atoms with van der Waals surface area (Å²) < 4.78 is 16.4. The first-order valence-electron chi connectivity index (χ1n) is 8.44. The molecule has 136 valence electrons. The second-order valence-electron chi connectivity index (χ2n) is 5.92. The number of nitrogen functional groups attached to an aromatic ring is 1. The van der Waals surface area contributed by atoms with E-state index in [0.717, 1.165) is 23.1 Å². The van der Waals surface area contributed by atoms with E-state index in [2.05, 4.69) is 41.2 Å². The zero-order valence-electron chi connectivity index (χ0n) is 15.5. The first-order chi connectivity index (χ1) is 12.6. The molecule has 0 amide bonds. The number of hydrogen-bond acceptors (Lipinski definition) is 6. The van der Waals surface area contributed by atoms with Crippen molar-refractivity contribution in [1.29, 1.82) is 0 Å². The Morgan fingerprint density at radius 2 is 1.54 bits per heavy atom. The normalized spacial score (nSPS) is 10.8. The Labute approximate surface area is 152 Å². The monoisotopic (exact) mass is 353 g/mol. The van der Waals surface area contributed by atoms with Gasteiger partial charge in [-0.15, -0.1) is 0 Å². The quantitative estimate of drug-likeness (QED) is 0.732. The summed E-state index contributed by atoms with van der Waals surface area (Å²) in [5.74, 6) is 1.73. The van der Waals surface area contributed by atoms with Crippen molar-refractivity contribution in [3.63, 3.8) is 0 Å². The van der Waals surface area contributed by atoms with Gasteiger partial charge in [-0.1, -0.05) is 31.2 Å². The number of ether oxygens (including phenoxy) is 3. The van der Waals surface area contributed by atoms with E-state index >= 15 is 0 Å². The molecule has 0 spiro atoms. The van der Waals surface area contributed by atoms with Gasteiger partial charge in [0.25, 0.3) is 0 Å². The van der Waals surface area contributed by atoms with Crippen LogP contribution in [0.4, 0.5) is 5.95 Å². The predicted octanol–water partition coefficient (Wildman–Crippen LogP) is 3.39. The predicted molar refractivity (Wildman–Crippen MR) is 102 cm³/mol. The van der Waals surface area contributed by atoms with Crippen LogP contribution in [0.5, 0.6) is 17.2 Å². The van der Waals surface area contributed by atoms with Gasteiger partial charge < -0.3 is 19.9 Å². The molecule has 0 aliphatic carbocycles. The fraction of sp³-hybridized carbons (Fsp3) is 0.300. The third kappa shape index (κ3) is 3.22. The Kier molecular flexibility index (Phi) is 5.11. The van der Waals surface area contributed by atoms with E-state index in [1.54, 1.807) is 21.3 Å². The summed E-state index contributed by atoms with van der Waals surface area (Å²) in [5, 5.41) is 0.827. The molecule has 26 heavy (non-hydrogen) atoms. The Hall–Kier alpha value is -3.02. The first kappa shape index (κ1) is 17.8. The van der Waals surface area contributed by atoms with Crippen molar-refractivity contribution in [2.45, 2.75) is 19.8 Å². The van der Waals surface area contributed by atoms with Gasteiger partial charge in [-0.3, -0.25) is 0 Å². The van der Waals surface area contributed by atoms with Crippen LogP contribution in [-0.2, 0) is 12.8 Å². The minimum absolute atomic E-state index is 0.197. The standard InChI is InChI=1S/C20H23N3O3/c1-5-12-6-8-13(9-7-12)10-15-14-11-16(24-2)18(25-3)19(26-4)17(14)23-20(21)22-15/h6-9,11H,5,10H2,1-4H3,(H2,21,22,23). The highest BCUT2D eigenvalue weighted by molar-refractivity contribution is 5.92. The van der Waals surface area contributed by atoms with Crippen molar-refractivity contribution >= 4 is 16.9 Å². The molecule has 3 rings (SSSR count). The molecular weight excluding hydrogens is 330 g/mol. The zero-order valence-corrected chi connectivity index (χ0v) is 15.5. The number of aromatic nitrogens is 2. The van der Waals surface area contributed by atoms with Crippen LogP contribution in [0.15, 0.2) is 30.3 Å². The van der Waals surface area contributed by atoms with Gasteiger partial charge in [-0.05, 0) is 23.6 Å². The summed E-state index contributed by atoms with van der Waals surface area (Å²) >= 11 is 0. The van der Waals surface area contributed by atoms with Gasteiger partial charge >= 0.3 is 0 Å². The maximum atomic E-state index is 5.96. The van der Waals surface area contributed by atoms with E-state index in [1.807, 2.05) is 6.07 Å². The zero-order chi connectivity index (χ0) is 18.7. The lowest BCUT2D eigenvalue weighted by atomic mass is 10.0. The van der Waals surface area contributed by atoms with Crippen molar-refractivity contribution in [3.8, 4) is 17.2 Å². The molecule has 1 heterocycles. The van der Waals surface area contributed by atoms with Crippen molar-refractivity contribution < 1.29 is 14.2 Å². The summed E-state index contributed by atoms with van der Waals surface area (Å²) in [5.41, 5.74) is 9.83. The number of aryl methyl sites for hydroxylation is 1. The number of methoxy groups -OCH3 is 3. The number of nitrogens with two attached hydrogens (primary N) is 1. The maximum Gasteiger partial charge on any atom is 0.220 e. The van der Waals surface area contributed by atoms with Gasteiger partial charge in [-0.25, -0.2) is 9.97 Å². The molecule has 1 aromatic heterocycles. The van der Waals surface area contributed by atoms with Gasteiger partial charge in [0, 0.05) is 11.8 Å². The van der Waals surface area contributed by atoms with Crippen molar-refractivity contribution in [3.05, 3.63) is 47.2 Å². The molecule has 3 aromatic rings. The summed E-state index contributed by atoms with van der Waals surface area (Å²) in [6, 6.07) is 10.4. The van der Waals surface area contributed by atoms with E-state index in [0.29, 0.717) is 29.2 Å². The lowest BCUT2D eigenvalue weighted by Crippen LogP contribution is -2.04. The molecule has 0 saturated heterocycles. The van der Waals surface area contributed by atoms with Crippen molar-refractivity contribution in [2.24, 2.45) is 0 Å². The summed E-state index contributed by atoms with van der Waals surface area (Å²) in [6.07, 6.45) is 1.64. The topological polar surface area (TPSA) is 79.5 Å². The van der Waals surface area contributed by atoms with Crippen molar-refractivity contribution in [1.82, 2.24) is 9.97 Å². The van der Waals surface area contributed by atoms with E-state index in [-0.39, 0.29) is 5.95 Å². The van der Waals surface area contributed by atoms with Crippen LogP contribution < -0.4 is 19.9 Å². The van der Waals surface area contributed by atoms with E-state index < -0.39 is 0 Å². The van der Waals surface area contributed by atoms with Crippen LogP contribution in [0.25, 0.3) is 10.9 Å². The second-order valence-corrected chi connectivity index (χ2v) is 5.92. The molecule has 0 aliphatic heterocycles. The fourth-order valence-corrected chi connectivity index (χ4v) is 3.03. The number of hydrogen-bond donors (Lipinski definition) is 1.